The minimum Gasteiger partial charge on any atom is -0.424 e. The van der Waals surface area contributed by atoms with Crippen LogP contribution in [-0.4, -0.2) is 39.7 Å². The first-order chi connectivity index (χ1) is 10.9. The molecule has 2 aromatic heterocycles. The van der Waals surface area contributed by atoms with E-state index in [4.69, 9.17) is 4.42 Å². The Kier molecular flexibility index (Phi) is 3.76. The zero-order valence-electron chi connectivity index (χ0n) is 12.6. The first-order valence-corrected chi connectivity index (χ1v) is 8.06. The topological polar surface area (TPSA) is 67.1 Å². The molecule has 0 bridgehead atoms. The van der Waals surface area contributed by atoms with Crippen LogP contribution in [0.3, 0.4) is 0 Å². The molecule has 116 valence electrons. The maximum absolute atomic E-state index is 5.74. The van der Waals surface area contributed by atoms with Crippen LogP contribution in [-0.2, 0) is 6.54 Å². The van der Waals surface area contributed by atoms with E-state index in [0.717, 1.165) is 43.8 Å². The van der Waals surface area contributed by atoms with E-state index in [-0.39, 0.29) is 0 Å². The van der Waals surface area contributed by atoms with Crippen molar-refractivity contribution in [3.8, 4) is 0 Å². The normalized spacial score (nSPS) is 22.1. The molecular weight excluding hydrogens is 278 g/mol. The quantitative estimate of drug-likeness (QED) is 0.882. The Morgan fingerprint density at radius 1 is 1.23 bits per heavy atom. The molecule has 0 radical (unpaired) electrons. The van der Waals surface area contributed by atoms with Gasteiger partial charge in [0.25, 0.3) is 0 Å². The van der Waals surface area contributed by atoms with Gasteiger partial charge in [0.2, 0.25) is 11.8 Å². The fourth-order valence-corrected chi connectivity index (χ4v) is 2.96. The Labute approximate surface area is 129 Å². The second-order valence-electron chi connectivity index (χ2n) is 6.29. The molecule has 1 unspecified atom stereocenters. The number of nitrogens with zero attached hydrogens (tertiary/aromatic N) is 4. The zero-order valence-corrected chi connectivity index (χ0v) is 12.6. The van der Waals surface area contributed by atoms with Crippen LogP contribution >= 0.6 is 0 Å². The van der Waals surface area contributed by atoms with Gasteiger partial charge in [-0.05, 0) is 43.9 Å². The van der Waals surface area contributed by atoms with Crippen LogP contribution in [0.25, 0.3) is 0 Å². The van der Waals surface area contributed by atoms with Gasteiger partial charge in [0, 0.05) is 25.2 Å². The van der Waals surface area contributed by atoms with Crippen LogP contribution in [0.1, 0.15) is 37.0 Å². The molecule has 2 aromatic rings. The summed E-state index contributed by atoms with van der Waals surface area (Å²) in [4.78, 5) is 6.69. The lowest BCUT2D eigenvalue weighted by molar-refractivity contribution is 0.278. The molecule has 3 heterocycles. The smallest absolute Gasteiger partial charge is 0.230 e. The van der Waals surface area contributed by atoms with Gasteiger partial charge in [0.15, 0.2) is 0 Å². The van der Waals surface area contributed by atoms with Gasteiger partial charge in [0.1, 0.15) is 5.82 Å². The molecule has 0 aromatic carbocycles. The molecule has 2 aliphatic rings. The van der Waals surface area contributed by atoms with Gasteiger partial charge < -0.3 is 9.73 Å². The van der Waals surface area contributed by atoms with Crippen molar-refractivity contribution in [3.05, 3.63) is 36.2 Å². The van der Waals surface area contributed by atoms with Crippen LogP contribution in [0, 0.1) is 5.92 Å². The SMILES string of the molecule is c1ccc(NCC2CCN(Cc3nnc(C4CC4)o3)C2)nc1. The Morgan fingerprint density at radius 3 is 3.00 bits per heavy atom. The lowest BCUT2D eigenvalue weighted by Gasteiger charge is -2.14. The monoisotopic (exact) mass is 299 g/mol. The highest BCUT2D eigenvalue weighted by Gasteiger charge is 2.30. The second kappa shape index (κ2) is 6.04. The van der Waals surface area contributed by atoms with Crippen molar-refractivity contribution in [2.24, 2.45) is 5.92 Å². The molecule has 1 aliphatic heterocycles. The summed E-state index contributed by atoms with van der Waals surface area (Å²) in [5.41, 5.74) is 0. The fraction of sp³-hybridized carbons (Fsp3) is 0.562. The average molecular weight is 299 g/mol. The maximum atomic E-state index is 5.74. The number of anilines is 1. The molecule has 6 nitrogen and oxygen atoms in total. The number of aromatic nitrogens is 3. The van der Waals surface area contributed by atoms with Crippen molar-refractivity contribution in [1.29, 1.82) is 0 Å². The van der Waals surface area contributed by atoms with Gasteiger partial charge in [0.05, 0.1) is 6.54 Å². The molecule has 0 amide bonds. The summed E-state index contributed by atoms with van der Waals surface area (Å²) in [5.74, 6) is 3.73. The highest BCUT2D eigenvalue weighted by molar-refractivity contribution is 5.33. The highest BCUT2D eigenvalue weighted by Crippen LogP contribution is 2.39. The van der Waals surface area contributed by atoms with Crippen molar-refractivity contribution >= 4 is 5.82 Å². The summed E-state index contributed by atoms with van der Waals surface area (Å²) in [6.45, 7) is 3.90. The molecule has 1 aliphatic carbocycles. The summed E-state index contributed by atoms with van der Waals surface area (Å²) in [6.07, 6.45) is 5.42. The van der Waals surface area contributed by atoms with Crippen molar-refractivity contribution in [3.63, 3.8) is 0 Å². The van der Waals surface area contributed by atoms with Gasteiger partial charge in [-0.1, -0.05) is 6.07 Å². The van der Waals surface area contributed by atoms with E-state index in [1.165, 1.54) is 19.3 Å². The Hall–Kier alpha value is -1.95. The molecule has 1 atom stereocenters. The van der Waals surface area contributed by atoms with Gasteiger partial charge >= 0.3 is 0 Å². The minimum atomic E-state index is 0.537. The summed E-state index contributed by atoms with van der Waals surface area (Å²) in [5, 5.41) is 11.7. The third-order valence-corrected chi connectivity index (χ3v) is 4.37. The fourth-order valence-electron chi connectivity index (χ4n) is 2.96. The van der Waals surface area contributed by atoms with Gasteiger partial charge in [-0.25, -0.2) is 4.98 Å². The van der Waals surface area contributed by atoms with Crippen LogP contribution in [0.2, 0.25) is 0 Å². The van der Waals surface area contributed by atoms with Gasteiger partial charge in [-0.2, -0.15) is 0 Å². The first-order valence-electron chi connectivity index (χ1n) is 8.06. The predicted molar refractivity (Wildman–Crippen MR) is 82.4 cm³/mol. The Balaban J connectivity index is 1.25. The lowest BCUT2D eigenvalue weighted by Crippen LogP contribution is -2.23. The van der Waals surface area contributed by atoms with Crippen LogP contribution < -0.4 is 5.32 Å². The number of nitrogens with one attached hydrogen (secondary N) is 1. The van der Waals surface area contributed by atoms with Crippen molar-refractivity contribution in [2.75, 3.05) is 25.0 Å². The number of pyridine rings is 1. The Morgan fingerprint density at radius 2 is 2.18 bits per heavy atom. The van der Waals surface area contributed by atoms with Crippen LogP contribution in [0.5, 0.6) is 0 Å². The summed E-state index contributed by atoms with van der Waals surface area (Å²) >= 11 is 0. The molecule has 1 saturated heterocycles. The highest BCUT2D eigenvalue weighted by atomic mass is 16.4. The van der Waals surface area contributed by atoms with E-state index in [1.807, 2.05) is 24.4 Å². The predicted octanol–water partition coefficient (Wildman–Crippen LogP) is 2.28. The molecular formula is C16H21N5O. The van der Waals surface area contributed by atoms with E-state index >= 15 is 0 Å². The van der Waals surface area contributed by atoms with Gasteiger partial charge in [-0.15, -0.1) is 10.2 Å². The minimum absolute atomic E-state index is 0.537. The number of hydrogen-bond acceptors (Lipinski definition) is 6. The van der Waals surface area contributed by atoms with E-state index in [9.17, 15) is 0 Å². The van der Waals surface area contributed by atoms with E-state index < -0.39 is 0 Å². The number of rotatable bonds is 6. The van der Waals surface area contributed by atoms with Crippen LogP contribution in [0.15, 0.2) is 28.8 Å². The lowest BCUT2D eigenvalue weighted by atomic mass is 10.1. The third kappa shape index (κ3) is 3.27. The summed E-state index contributed by atoms with van der Waals surface area (Å²) in [6, 6.07) is 5.94. The molecule has 2 fully saturated rings. The summed E-state index contributed by atoms with van der Waals surface area (Å²) in [7, 11) is 0. The zero-order chi connectivity index (χ0) is 14.8. The molecule has 1 saturated carbocycles. The Bertz CT molecular complexity index is 610. The van der Waals surface area contributed by atoms with Crippen molar-refractivity contribution in [2.45, 2.75) is 31.7 Å². The standard InChI is InChI=1S/C16H21N5O/c1-2-7-17-14(3-1)18-9-12-6-8-21(10-12)11-15-19-20-16(22-15)13-4-5-13/h1-3,7,12-13H,4-6,8-11H2,(H,17,18). The molecule has 6 heteroatoms. The third-order valence-electron chi connectivity index (χ3n) is 4.37. The average Bonchev–Trinajstić information content (AvgIpc) is 3.14. The largest absolute Gasteiger partial charge is 0.424 e. The number of likely N-dealkylation sites (tertiary alicyclic amines) is 1. The molecule has 0 spiro atoms. The second-order valence-corrected chi connectivity index (χ2v) is 6.29. The van der Waals surface area contributed by atoms with Gasteiger partial charge in [-0.3, -0.25) is 4.90 Å². The van der Waals surface area contributed by atoms with E-state index in [2.05, 4.69) is 25.4 Å². The molecule has 1 N–H and O–H groups in total. The molecule has 4 rings (SSSR count). The van der Waals surface area contributed by atoms with E-state index in [0.29, 0.717) is 11.8 Å². The summed E-state index contributed by atoms with van der Waals surface area (Å²) < 4.78 is 5.74. The van der Waals surface area contributed by atoms with E-state index in [1.54, 1.807) is 0 Å². The maximum Gasteiger partial charge on any atom is 0.230 e. The van der Waals surface area contributed by atoms with Crippen LogP contribution in [0.4, 0.5) is 5.82 Å². The van der Waals surface area contributed by atoms with Crippen molar-refractivity contribution in [1.82, 2.24) is 20.1 Å². The molecule has 22 heavy (non-hydrogen) atoms. The number of hydrogen-bond donors (Lipinski definition) is 1. The first kappa shape index (κ1) is 13.7. The van der Waals surface area contributed by atoms with Crippen molar-refractivity contribution < 1.29 is 4.42 Å².